The third-order valence-electron chi connectivity index (χ3n) is 4.19. The molecule has 1 aromatic heterocycles. The number of aromatic nitrogens is 3. The van der Waals surface area contributed by atoms with Gasteiger partial charge >= 0.3 is 0 Å². The number of benzene rings is 2. The maximum absolute atomic E-state index is 5.18. The van der Waals surface area contributed by atoms with Crippen LogP contribution < -0.4 is 15.4 Å². The van der Waals surface area contributed by atoms with Crippen molar-refractivity contribution in [3.8, 4) is 17.1 Å². The highest BCUT2D eigenvalue weighted by Crippen LogP contribution is 2.18. The highest BCUT2D eigenvalue weighted by atomic mass is 127. The highest BCUT2D eigenvalue weighted by Gasteiger charge is 2.07. The van der Waals surface area contributed by atoms with Crippen LogP contribution >= 0.6 is 24.0 Å². The number of aliphatic imine (C=N–C) groups is 1. The molecule has 0 amide bonds. The van der Waals surface area contributed by atoms with Crippen molar-refractivity contribution in [1.82, 2.24) is 25.8 Å². The molecule has 1 heterocycles. The van der Waals surface area contributed by atoms with Crippen molar-refractivity contribution in [2.45, 2.75) is 26.9 Å². The van der Waals surface area contributed by atoms with Gasteiger partial charge in [0, 0.05) is 12.1 Å². The van der Waals surface area contributed by atoms with Crippen LogP contribution in [0.3, 0.4) is 0 Å². The van der Waals surface area contributed by atoms with E-state index in [-0.39, 0.29) is 24.0 Å². The molecule has 0 unspecified atom stereocenters. The summed E-state index contributed by atoms with van der Waals surface area (Å²) in [7, 11) is 1.65. The summed E-state index contributed by atoms with van der Waals surface area (Å²) in [6.07, 6.45) is 0. The molecule has 8 heteroatoms. The van der Waals surface area contributed by atoms with Crippen LogP contribution in [0.15, 0.2) is 53.5 Å². The van der Waals surface area contributed by atoms with Crippen molar-refractivity contribution in [3.05, 3.63) is 65.5 Å². The lowest BCUT2D eigenvalue weighted by Gasteiger charge is -2.10. The molecule has 0 fully saturated rings. The molecule has 0 aliphatic heterocycles. The van der Waals surface area contributed by atoms with Crippen molar-refractivity contribution in [3.63, 3.8) is 0 Å². The van der Waals surface area contributed by atoms with Crippen LogP contribution in [0.2, 0.25) is 0 Å². The Morgan fingerprint density at radius 1 is 1.07 bits per heavy atom. The molecule has 0 aliphatic rings. The van der Waals surface area contributed by atoms with E-state index in [1.54, 1.807) is 7.11 Å². The van der Waals surface area contributed by atoms with Crippen molar-refractivity contribution < 1.29 is 4.74 Å². The lowest BCUT2D eigenvalue weighted by Crippen LogP contribution is -2.37. The van der Waals surface area contributed by atoms with Gasteiger partial charge in [-0.2, -0.15) is 5.10 Å². The molecule has 29 heavy (non-hydrogen) atoms. The monoisotopic (exact) mass is 506 g/mol. The van der Waals surface area contributed by atoms with E-state index in [1.807, 2.05) is 31.2 Å². The second-order valence-electron chi connectivity index (χ2n) is 6.37. The molecule has 0 saturated carbocycles. The molecule has 0 bridgehead atoms. The number of aromatic amines is 1. The smallest absolute Gasteiger partial charge is 0.191 e. The molecule has 3 aromatic rings. The van der Waals surface area contributed by atoms with Crippen LogP contribution in [0.25, 0.3) is 11.4 Å². The first-order valence-corrected chi connectivity index (χ1v) is 9.31. The van der Waals surface area contributed by atoms with Crippen molar-refractivity contribution in [1.29, 1.82) is 0 Å². The SMILES string of the molecule is CCNC(=NCc1ccc(C)cc1)NCc1nc(-c2ccc(OC)cc2)n[nH]1.I. The number of aryl methyl sites for hydroxylation is 1. The van der Waals surface area contributed by atoms with Gasteiger partial charge in [-0.25, -0.2) is 9.98 Å². The number of rotatable bonds is 7. The maximum Gasteiger partial charge on any atom is 0.191 e. The second-order valence-corrected chi connectivity index (χ2v) is 6.37. The number of ether oxygens (including phenoxy) is 1. The molecule has 7 nitrogen and oxygen atoms in total. The zero-order chi connectivity index (χ0) is 19.8. The molecular formula is C21H27IN6O. The van der Waals surface area contributed by atoms with Gasteiger partial charge in [0.05, 0.1) is 20.2 Å². The van der Waals surface area contributed by atoms with E-state index in [0.717, 1.165) is 29.6 Å². The number of H-pyrrole nitrogens is 1. The number of hydrogen-bond acceptors (Lipinski definition) is 4. The number of methoxy groups -OCH3 is 1. The molecule has 154 valence electrons. The summed E-state index contributed by atoms with van der Waals surface area (Å²) in [6.45, 7) is 6.02. The Morgan fingerprint density at radius 3 is 2.45 bits per heavy atom. The van der Waals surface area contributed by atoms with E-state index in [0.29, 0.717) is 18.9 Å². The highest BCUT2D eigenvalue weighted by molar-refractivity contribution is 14.0. The minimum absolute atomic E-state index is 0. The Morgan fingerprint density at radius 2 is 1.79 bits per heavy atom. The van der Waals surface area contributed by atoms with Gasteiger partial charge in [0.1, 0.15) is 11.6 Å². The van der Waals surface area contributed by atoms with Gasteiger partial charge in [-0.05, 0) is 43.7 Å². The number of nitrogens with one attached hydrogen (secondary N) is 3. The predicted octanol–water partition coefficient (Wildman–Crippen LogP) is 3.66. The summed E-state index contributed by atoms with van der Waals surface area (Å²) in [5.41, 5.74) is 3.35. The summed E-state index contributed by atoms with van der Waals surface area (Å²) in [5, 5.41) is 13.8. The summed E-state index contributed by atoms with van der Waals surface area (Å²) < 4.78 is 5.18. The van der Waals surface area contributed by atoms with Crippen molar-refractivity contribution in [2.24, 2.45) is 4.99 Å². The fraction of sp³-hybridized carbons (Fsp3) is 0.286. The molecule has 3 N–H and O–H groups in total. The van der Waals surface area contributed by atoms with Crippen LogP contribution in [0, 0.1) is 6.92 Å². The summed E-state index contributed by atoms with van der Waals surface area (Å²) in [5.74, 6) is 2.94. The average molecular weight is 506 g/mol. The largest absolute Gasteiger partial charge is 0.497 e. The van der Waals surface area contributed by atoms with Gasteiger partial charge in [0.2, 0.25) is 0 Å². The topological polar surface area (TPSA) is 87.2 Å². The molecule has 0 atom stereocenters. The van der Waals surface area contributed by atoms with E-state index in [4.69, 9.17) is 4.74 Å². The first-order valence-electron chi connectivity index (χ1n) is 9.31. The van der Waals surface area contributed by atoms with Gasteiger partial charge in [-0.1, -0.05) is 29.8 Å². The molecule has 2 aromatic carbocycles. The third-order valence-corrected chi connectivity index (χ3v) is 4.19. The minimum atomic E-state index is 0. The molecule has 0 aliphatic carbocycles. The van der Waals surface area contributed by atoms with Crippen LogP contribution in [-0.2, 0) is 13.1 Å². The lowest BCUT2D eigenvalue weighted by molar-refractivity contribution is 0.415. The molecular weight excluding hydrogens is 479 g/mol. The lowest BCUT2D eigenvalue weighted by atomic mass is 10.1. The Balaban J connectivity index is 0.00000300. The fourth-order valence-corrected chi connectivity index (χ4v) is 2.62. The quantitative estimate of drug-likeness (QED) is 0.259. The molecule has 0 spiro atoms. The van der Waals surface area contributed by atoms with Gasteiger partial charge in [-0.3, -0.25) is 5.10 Å². The van der Waals surface area contributed by atoms with E-state index in [9.17, 15) is 0 Å². The number of hydrogen-bond donors (Lipinski definition) is 3. The van der Waals surface area contributed by atoms with Crippen LogP contribution in [-0.4, -0.2) is 34.8 Å². The molecule has 0 saturated heterocycles. The summed E-state index contributed by atoms with van der Waals surface area (Å²) in [6, 6.07) is 16.1. The van der Waals surface area contributed by atoms with E-state index in [2.05, 4.69) is 62.0 Å². The Kier molecular flexibility index (Phi) is 8.91. The predicted molar refractivity (Wildman–Crippen MR) is 127 cm³/mol. The first-order chi connectivity index (χ1) is 13.7. The number of nitrogens with zero attached hydrogens (tertiary/aromatic N) is 3. The van der Waals surface area contributed by atoms with E-state index in [1.165, 1.54) is 11.1 Å². The van der Waals surface area contributed by atoms with Crippen LogP contribution in [0.1, 0.15) is 23.9 Å². The second kappa shape index (κ2) is 11.4. The fourth-order valence-electron chi connectivity index (χ4n) is 2.62. The van der Waals surface area contributed by atoms with Crippen molar-refractivity contribution in [2.75, 3.05) is 13.7 Å². The summed E-state index contributed by atoms with van der Waals surface area (Å²) in [4.78, 5) is 9.17. The van der Waals surface area contributed by atoms with E-state index < -0.39 is 0 Å². The van der Waals surface area contributed by atoms with Crippen molar-refractivity contribution >= 4 is 29.9 Å². The van der Waals surface area contributed by atoms with Gasteiger partial charge < -0.3 is 15.4 Å². The van der Waals surface area contributed by atoms with Gasteiger partial charge in [0.25, 0.3) is 0 Å². The maximum atomic E-state index is 5.18. The number of guanidine groups is 1. The van der Waals surface area contributed by atoms with Gasteiger partial charge in [0.15, 0.2) is 11.8 Å². The Hall–Kier alpha value is -2.62. The zero-order valence-electron chi connectivity index (χ0n) is 16.9. The first kappa shape index (κ1) is 22.7. The third kappa shape index (κ3) is 6.74. The van der Waals surface area contributed by atoms with Gasteiger partial charge in [-0.15, -0.1) is 24.0 Å². The summed E-state index contributed by atoms with van der Waals surface area (Å²) >= 11 is 0. The Labute approximate surface area is 188 Å². The Bertz CT molecular complexity index is 906. The minimum Gasteiger partial charge on any atom is -0.497 e. The normalized spacial score (nSPS) is 10.9. The standard InChI is InChI=1S/C21H26N6O.HI/c1-4-22-21(23-13-16-7-5-15(2)6-8-16)24-14-19-25-20(27-26-19)17-9-11-18(28-3)12-10-17;/h5-12H,4,13-14H2,1-3H3,(H2,22,23,24)(H,25,26,27);1H. The van der Waals surface area contributed by atoms with Crippen LogP contribution in [0.4, 0.5) is 0 Å². The zero-order valence-corrected chi connectivity index (χ0v) is 19.2. The van der Waals surface area contributed by atoms with Crippen LogP contribution in [0.5, 0.6) is 5.75 Å². The molecule has 3 rings (SSSR count). The molecule has 0 radical (unpaired) electrons. The number of halogens is 1. The van der Waals surface area contributed by atoms with E-state index >= 15 is 0 Å². The average Bonchev–Trinajstić information content (AvgIpc) is 3.20.